The molecule has 0 fully saturated rings. The molecule has 0 bridgehead atoms. The Bertz CT molecular complexity index is 1260. The summed E-state index contributed by atoms with van der Waals surface area (Å²) in [6, 6.07) is 15.6. The average Bonchev–Trinajstić information content (AvgIpc) is 3.00. The highest BCUT2D eigenvalue weighted by atomic mass is 32.2. The summed E-state index contributed by atoms with van der Waals surface area (Å²) in [7, 11) is -3.68. The summed E-state index contributed by atoms with van der Waals surface area (Å²) in [6.45, 7) is 7.25. The van der Waals surface area contributed by atoms with Crippen LogP contribution in [0, 0.1) is 26.6 Å². The quantitative estimate of drug-likeness (QED) is 0.507. The molecule has 0 amide bonds. The molecule has 4 rings (SSSR count). The van der Waals surface area contributed by atoms with E-state index in [1.165, 1.54) is 16.4 Å². The Morgan fingerprint density at radius 1 is 0.909 bits per heavy atom. The second-order valence-corrected chi connectivity index (χ2v) is 10.4. The molecule has 5 nitrogen and oxygen atoms in total. The number of hydrogen-bond acceptors (Lipinski definition) is 4. The van der Waals surface area contributed by atoms with Gasteiger partial charge in [0.2, 0.25) is 10.0 Å². The van der Waals surface area contributed by atoms with Crippen molar-refractivity contribution in [1.29, 1.82) is 0 Å². The van der Waals surface area contributed by atoms with Crippen LogP contribution in [0.25, 0.3) is 0 Å². The molecule has 0 radical (unpaired) electrons. The highest BCUT2D eigenvalue weighted by molar-refractivity contribution is 7.89. The van der Waals surface area contributed by atoms with Gasteiger partial charge in [0.25, 0.3) is 0 Å². The highest BCUT2D eigenvalue weighted by Crippen LogP contribution is 2.30. The van der Waals surface area contributed by atoms with Crippen LogP contribution in [-0.4, -0.2) is 25.9 Å². The first-order valence-corrected chi connectivity index (χ1v) is 12.3. The van der Waals surface area contributed by atoms with Crippen molar-refractivity contribution in [2.45, 2.75) is 45.4 Å². The molecule has 0 aliphatic carbocycles. The number of ether oxygens (including phenoxy) is 2. The largest absolute Gasteiger partial charge is 0.492 e. The maximum atomic E-state index is 13.5. The van der Waals surface area contributed by atoms with Crippen LogP contribution in [0.2, 0.25) is 0 Å². The number of aryl methyl sites for hydroxylation is 3. The third-order valence-corrected chi connectivity index (χ3v) is 7.92. The second-order valence-electron chi connectivity index (χ2n) is 8.45. The molecule has 3 aromatic rings. The minimum atomic E-state index is -3.68. The van der Waals surface area contributed by atoms with Crippen LogP contribution < -0.4 is 4.74 Å². The highest BCUT2D eigenvalue weighted by Gasteiger charge is 2.29. The Kier molecular flexibility index (Phi) is 6.83. The van der Waals surface area contributed by atoms with Gasteiger partial charge in [-0.15, -0.1) is 0 Å². The van der Waals surface area contributed by atoms with Crippen molar-refractivity contribution >= 4 is 10.0 Å². The molecule has 1 aliphatic rings. The first-order chi connectivity index (χ1) is 15.7. The third kappa shape index (κ3) is 5.27. The lowest BCUT2D eigenvalue weighted by atomic mass is 10.1. The van der Waals surface area contributed by atoms with E-state index in [-0.39, 0.29) is 25.5 Å². The lowest BCUT2D eigenvalue weighted by Gasteiger charge is -2.21. The average molecular weight is 470 g/mol. The molecule has 33 heavy (non-hydrogen) atoms. The molecule has 3 aromatic carbocycles. The number of fused-ring (bicyclic) bond motifs is 1. The SMILES string of the molecule is Cc1cc(C)c(S(=O)(=O)N2CCOc3ccc(COCc4ccc(F)cc4)cc3C2)cc1C. The van der Waals surface area contributed by atoms with Gasteiger partial charge in [-0.25, -0.2) is 12.8 Å². The summed E-state index contributed by atoms with van der Waals surface area (Å²) < 4.78 is 53.1. The van der Waals surface area contributed by atoms with E-state index >= 15 is 0 Å². The summed E-state index contributed by atoms with van der Waals surface area (Å²) in [5.41, 5.74) is 5.37. The lowest BCUT2D eigenvalue weighted by Crippen LogP contribution is -2.33. The van der Waals surface area contributed by atoms with Gasteiger partial charge in [-0.1, -0.05) is 24.3 Å². The molecular formula is C26H28FNO4S. The minimum absolute atomic E-state index is 0.232. The molecule has 1 heterocycles. The fourth-order valence-electron chi connectivity index (χ4n) is 3.94. The van der Waals surface area contributed by atoms with Crippen LogP contribution in [0.3, 0.4) is 0 Å². The molecule has 0 atom stereocenters. The van der Waals surface area contributed by atoms with Gasteiger partial charge in [0.15, 0.2) is 0 Å². The van der Waals surface area contributed by atoms with E-state index in [4.69, 9.17) is 9.47 Å². The van der Waals surface area contributed by atoms with Crippen molar-refractivity contribution < 1.29 is 22.3 Å². The van der Waals surface area contributed by atoms with Crippen molar-refractivity contribution in [3.63, 3.8) is 0 Å². The number of benzene rings is 3. The van der Waals surface area contributed by atoms with E-state index in [2.05, 4.69) is 0 Å². The fraction of sp³-hybridized carbons (Fsp3) is 0.308. The maximum Gasteiger partial charge on any atom is 0.243 e. The molecular weight excluding hydrogens is 441 g/mol. The van der Waals surface area contributed by atoms with Crippen LogP contribution >= 0.6 is 0 Å². The predicted molar refractivity (Wildman–Crippen MR) is 125 cm³/mol. The first kappa shape index (κ1) is 23.4. The normalized spacial score (nSPS) is 14.4. The number of nitrogens with zero attached hydrogens (tertiary/aromatic N) is 1. The zero-order valence-corrected chi connectivity index (χ0v) is 19.9. The maximum absolute atomic E-state index is 13.5. The standard InChI is InChI=1S/C26H28FNO4S/c1-18-12-20(3)26(13-19(18)2)33(29,30)28-10-11-32-25-9-6-22(14-23(25)15-28)17-31-16-21-4-7-24(27)8-5-21/h4-9,12-14H,10-11,15-17H2,1-3H3. The van der Waals surface area contributed by atoms with Gasteiger partial charge < -0.3 is 9.47 Å². The number of halogens is 1. The smallest absolute Gasteiger partial charge is 0.243 e. The number of hydrogen-bond donors (Lipinski definition) is 0. The summed E-state index contributed by atoms with van der Waals surface area (Å²) in [5.74, 6) is 0.409. The Hall–Kier alpha value is -2.74. The second kappa shape index (κ2) is 9.63. The molecule has 0 aromatic heterocycles. The van der Waals surface area contributed by atoms with E-state index in [0.29, 0.717) is 23.9 Å². The fourth-order valence-corrected chi connectivity index (χ4v) is 5.63. The van der Waals surface area contributed by atoms with Gasteiger partial charge in [0.1, 0.15) is 18.2 Å². The van der Waals surface area contributed by atoms with E-state index in [1.54, 1.807) is 18.2 Å². The number of sulfonamides is 1. The summed E-state index contributed by atoms with van der Waals surface area (Å²) in [5, 5.41) is 0. The monoisotopic (exact) mass is 469 g/mol. The molecule has 0 N–H and O–H groups in total. The van der Waals surface area contributed by atoms with E-state index in [0.717, 1.165) is 33.4 Å². The summed E-state index contributed by atoms with van der Waals surface area (Å²) in [4.78, 5) is 0.341. The van der Waals surface area contributed by atoms with Crippen molar-refractivity contribution in [1.82, 2.24) is 4.31 Å². The third-order valence-electron chi connectivity index (χ3n) is 5.93. The van der Waals surface area contributed by atoms with Gasteiger partial charge in [-0.2, -0.15) is 4.31 Å². The molecule has 0 saturated carbocycles. The summed E-state index contributed by atoms with van der Waals surface area (Å²) in [6.07, 6.45) is 0. The minimum Gasteiger partial charge on any atom is -0.492 e. The topological polar surface area (TPSA) is 55.8 Å². The zero-order chi connectivity index (χ0) is 23.6. The Morgan fingerprint density at radius 2 is 1.58 bits per heavy atom. The van der Waals surface area contributed by atoms with Gasteiger partial charge in [-0.05, 0) is 78.9 Å². The van der Waals surface area contributed by atoms with Crippen LogP contribution in [0.4, 0.5) is 4.39 Å². The van der Waals surface area contributed by atoms with E-state index < -0.39 is 10.0 Å². The van der Waals surface area contributed by atoms with E-state index in [1.807, 2.05) is 45.0 Å². The lowest BCUT2D eigenvalue weighted by molar-refractivity contribution is 0.107. The molecule has 0 unspecified atom stereocenters. The van der Waals surface area contributed by atoms with Crippen molar-refractivity contribution in [3.8, 4) is 5.75 Å². The van der Waals surface area contributed by atoms with Crippen LogP contribution in [-0.2, 0) is 34.5 Å². The van der Waals surface area contributed by atoms with Gasteiger partial charge >= 0.3 is 0 Å². The van der Waals surface area contributed by atoms with Crippen molar-refractivity contribution in [3.05, 3.63) is 93.8 Å². The van der Waals surface area contributed by atoms with Crippen LogP contribution in [0.15, 0.2) is 59.5 Å². The molecule has 174 valence electrons. The van der Waals surface area contributed by atoms with E-state index in [9.17, 15) is 12.8 Å². The first-order valence-electron chi connectivity index (χ1n) is 10.9. The van der Waals surface area contributed by atoms with Gasteiger partial charge in [0.05, 0.1) is 18.1 Å². The molecule has 1 aliphatic heterocycles. The summed E-state index contributed by atoms with van der Waals surface area (Å²) >= 11 is 0. The molecule has 0 saturated heterocycles. The zero-order valence-electron chi connectivity index (χ0n) is 19.1. The predicted octanol–water partition coefficient (Wildman–Crippen LogP) is 5.05. The van der Waals surface area contributed by atoms with Gasteiger partial charge in [-0.3, -0.25) is 0 Å². The van der Waals surface area contributed by atoms with Crippen LogP contribution in [0.1, 0.15) is 33.4 Å². The van der Waals surface area contributed by atoms with Crippen molar-refractivity contribution in [2.24, 2.45) is 0 Å². The molecule has 7 heteroatoms. The van der Waals surface area contributed by atoms with Crippen LogP contribution in [0.5, 0.6) is 5.75 Å². The Labute approximate surface area is 194 Å². The number of rotatable bonds is 6. The molecule has 0 spiro atoms. The van der Waals surface area contributed by atoms with Crippen molar-refractivity contribution in [2.75, 3.05) is 13.2 Å². The Morgan fingerprint density at radius 3 is 2.33 bits per heavy atom. The Balaban J connectivity index is 1.51. The van der Waals surface area contributed by atoms with Gasteiger partial charge in [0, 0.05) is 18.7 Å².